The van der Waals surface area contributed by atoms with Crippen molar-refractivity contribution in [2.45, 2.75) is 23.8 Å². The van der Waals surface area contributed by atoms with E-state index in [9.17, 15) is 21.6 Å². The first kappa shape index (κ1) is 24.5. The summed E-state index contributed by atoms with van der Waals surface area (Å²) in [6.45, 7) is -0.0334. The average Bonchev–Trinajstić information content (AvgIpc) is 3.28. The fraction of sp³-hybridized carbons (Fsp3) is 0.227. The Kier molecular flexibility index (Phi) is 7.17. The number of hydrogen-bond donors (Lipinski definition) is 2. The van der Waals surface area contributed by atoms with Crippen molar-refractivity contribution in [3.63, 3.8) is 0 Å². The highest BCUT2D eigenvalue weighted by atomic mass is 35.5. The SMILES string of the molecule is NC1CCC=C(c2ccc(F)c(F)c2)C1COc1cc(F)c(S(=O)(=O)Nc2cscn2)cc1Cl. The predicted molar refractivity (Wildman–Crippen MR) is 125 cm³/mol. The van der Waals surface area contributed by atoms with E-state index in [1.54, 1.807) is 0 Å². The molecule has 0 radical (unpaired) electrons. The molecule has 1 aliphatic carbocycles. The summed E-state index contributed by atoms with van der Waals surface area (Å²) in [6.07, 6.45) is 3.18. The standard InChI is InChI=1S/C22H19ClF3N3O3S2/c23-15-7-21(34(30,31)29-22-10-33-11-28-22)18(26)8-20(15)32-9-14-13(2-1-3-19(14)27)12-4-5-16(24)17(25)6-12/h2,4-8,10-11,14,19,29H,1,3,9,27H2. The van der Waals surface area contributed by atoms with Crippen molar-refractivity contribution >= 4 is 44.4 Å². The molecule has 4 rings (SSSR count). The average molecular weight is 530 g/mol. The third-order valence-electron chi connectivity index (χ3n) is 5.40. The smallest absolute Gasteiger partial charge is 0.266 e. The van der Waals surface area contributed by atoms with Gasteiger partial charge < -0.3 is 10.5 Å². The molecule has 6 nitrogen and oxygen atoms in total. The van der Waals surface area contributed by atoms with Crippen LogP contribution in [0.5, 0.6) is 5.75 Å². The monoisotopic (exact) mass is 529 g/mol. The lowest BCUT2D eigenvalue weighted by Crippen LogP contribution is -2.37. The van der Waals surface area contributed by atoms with Crippen LogP contribution in [0.2, 0.25) is 5.02 Å². The van der Waals surface area contributed by atoms with Gasteiger partial charge in [0.15, 0.2) is 17.5 Å². The Morgan fingerprint density at radius 1 is 1.18 bits per heavy atom. The summed E-state index contributed by atoms with van der Waals surface area (Å²) in [5, 5.41) is 1.34. The highest BCUT2D eigenvalue weighted by molar-refractivity contribution is 7.92. The summed E-state index contributed by atoms with van der Waals surface area (Å²) in [7, 11) is -4.27. The van der Waals surface area contributed by atoms with E-state index < -0.39 is 38.3 Å². The third kappa shape index (κ3) is 5.22. The summed E-state index contributed by atoms with van der Waals surface area (Å²) in [6, 6.07) is 5.07. The predicted octanol–water partition coefficient (Wildman–Crippen LogP) is 5.21. The normalized spacial score (nSPS) is 18.4. The summed E-state index contributed by atoms with van der Waals surface area (Å²) in [5.74, 6) is -3.43. The maximum Gasteiger partial charge on any atom is 0.266 e. The molecule has 0 amide bonds. The van der Waals surface area contributed by atoms with Gasteiger partial charge in [-0.2, -0.15) is 0 Å². The molecule has 180 valence electrons. The number of aromatic nitrogens is 1. The van der Waals surface area contributed by atoms with Crippen molar-refractivity contribution in [1.29, 1.82) is 0 Å². The Hall–Kier alpha value is -2.60. The first-order chi connectivity index (χ1) is 16.2. The molecular weight excluding hydrogens is 511 g/mol. The lowest BCUT2D eigenvalue weighted by atomic mass is 9.81. The summed E-state index contributed by atoms with van der Waals surface area (Å²) < 4.78 is 74.8. The summed E-state index contributed by atoms with van der Waals surface area (Å²) in [5.41, 5.74) is 8.84. The lowest BCUT2D eigenvalue weighted by Gasteiger charge is -2.30. The van der Waals surface area contributed by atoms with E-state index in [2.05, 4.69) is 9.71 Å². The van der Waals surface area contributed by atoms with Gasteiger partial charge in [0.25, 0.3) is 10.0 Å². The molecule has 2 aromatic carbocycles. The van der Waals surface area contributed by atoms with Gasteiger partial charge in [-0.25, -0.2) is 26.6 Å². The topological polar surface area (TPSA) is 94.3 Å². The molecule has 3 aromatic rings. The number of rotatable bonds is 7. The van der Waals surface area contributed by atoms with Crippen LogP contribution >= 0.6 is 22.9 Å². The molecule has 2 unspecified atom stereocenters. The number of thiazole rings is 1. The zero-order chi connectivity index (χ0) is 24.5. The van der Waals surface area contributed by atoms with Gasteiger partial charge in [-0.3, -0.25) is 4.72 Å². The van der Waals surface area contributed by atoms with Gasteiger partial charge in [-0.05, 0) is 42.2 Å². The Bertz CT molecular complexity index is 1330. The highest BCUT2D eigenvalue weighted by Gasteiger charge is 2.28. The zero-order valence-electron chi connectivity index (χ0n) is 17.5. The zero-order valence-corrected chi connectivity index (χ0v) is 19.9. The molecule has 34 heavy (non-hydrogen) atoms. The number of benzene rings is 2. The van der Waals surface area contributed by atoms with Crippen LogP contribution in [-0.2, 0) is 10.0 Å². The molecule has 0 fully saturated rings. The Morgan fingerprint density at radius 2 is 1.97 bits per heavy atom. The van der Waals surface area contributed by atoms with Crippen molar-refractivity contribution in [2.24, 2.45) is 11.7 Å². The quantitative estimate of drug-likeness (QED) is 0.438. The molecule has 12 heteroatoms. The Morgan fingerprint density at radius 3 is 2.68 bits per heavy atom. The molecule has 0 saturated heterocycles. The van der Waals surface area contributed by atoms with Crippen LogP contribution in [0.3, 0.4) is 0 Å². The molecule has 0 aliphatic heterocycles. The van der Waals surface area contributed by atoms with Crippen molar-refractivity contribution in [3.8, 4) is 5.75 Å². The van der Waals surface area contributed by atoms with Gasteiger partial charge >= 0.3 is 0 Å². The summed E-state index contributed by atoms with van der Waals surface area (Å²) >= 11 is 7.37. The van der Waals surface area contributed by atoms with E-state index in [0.717, 1.165) is 24.3 Å². The molecule has 3 N–H and O–H groups in total. The first-order valence-electron chi connectivity index (χ1n) is 10.1. The first-order valence-corrected chi connectivity index (χ1v) is 12.9. The molecular formula is C22H19ClF3N3O3S2. The number of ether oxygens (including phenoxy) is 1. The van der Waals surface area contributed by atoms with Crippen LogP contribution in [0.4, 0.5) is 19.0 Å². The number of nitrogens with zero attached hydrogens (tertiary/aromatic N) is 1. The van der Waals surface area contributed by atoms with E-state index in [1.165, 1.54) is 28.3 Å². The van der Waals surface area contributed by atoms with Crippen molar-refractivity contribution in [1.82, 2.24) is 4.98 Å². The minimum Gasteiger partial charge on any atom is -0.491 e. The number of sulfonamides is 1. The van der Waals surface area contributed by atoms with Crippen molar-refractivity contribution in [3.05, 3.63) is 75.3 Å². The minimum absolute atomic E-state index is 0.0334. The number of halogens is 4. The number of anilines is 1. The number of hydrogen-bond acceptors (Lipinski definition) is 6. The minimum atomic E-state index is -4.27. The van der Waals surface area contributed by atoms with Crippen LogP contribution in [0.1, 0.15) is 18.4 Å². The van der Waals surface area contributed by atoms with E-state index in [4.69, 9.17) is 22.1 Å². The van der Waals surface area contributed by atoms with Crippen molar-refractivity contribution < 1.29 is 26.3 Å². The molecule has 0 bridgehead atoms. The van der Waals surface area contributed by atoms with Gasteiger partial charge in [0.1, 0.15) is 16.5 Å². The maximum atomic E-state index is 14.7. The van der Waals surface area contributed by atoms with Crippen molar-refractivity contribution in [2.75, 3.05) is 11.3 Å². The van der Waals surface area contributed by atoms with Gasteiger partial charge in [-0.1, -0.05) is 23.7 Å². The number of allylic oxidation sites excluding steroid dienone is 1. The molecule has 0 spiro atoms. The molecule has 2 atom stereocenters. The second-order valence-electron chi connectivity index (χ2n) is 7.64. The molecule has 1 heterocycles. The van der Waals surface area contributed by atoms with Crippen LogP contribution in [0.25, 0.3) is 5.57 Å². The number of nitrogens with two attached hydrogens (primary N) is 1. The second kappa shape index (κ2) is 9.95. The van der Waals surface area contributed by atoms with Gasteiger partial charge in [0.2, 0.25) is 0 Å². The third-order valence-corrected chi connectivity index (χ3v) is 7.65. The van der Waals surface area contributed by atoms with Gasteiger partial charge in [0.05, 0.1) is 17.1 Å². The maximum absolute atomic E-state index is 14.7. The van der Waals surface area contributed by atoms with Crippen LogP contribution in [-0.4, -0.2) is 26.1 Å². The van der Waals surface area contributed by atoms with E-state index in [1.807, 2.05) is 6.08 Å². The lowest BCUT2D eigenvalue weighted by molar-refractivity contribution is 0.252. The van der Waals surface area contributed by atoms with E-state index in [-0.39, 0.29) is 29.2 Å². The van der Waals surface area contributed by atoms with Crippen LogP contribution < -0.4 is 15.2 Å². The van der Waals surface area contributed by atoms with E-state index in [0.29, 0.717) is 24.0 Å². The largest absolute Gasteiger partial charge is 0.491 e. The highest BCUT2D eigenvalue weighted by Crippen LogP contribution is 2.35. The molecule has 1 aromatic heterocycles. The van der Waals surface area contributed by atoms with Gasteiger partial charge in [0, 0.05) is 23.4 Å². The Balaban J connectivity index is 1.55. The Labute approximate surface area is 203 Å². The van der Waals surface area contributed by atoms with Crippen LogP contribution in [0.15, 0.2) is 52.2 Å². The molecule has 1 aliphatic rings. The molecule has 0 saturated carbocycles. The fourth-order valence-corrected chi connectivity index (χ4v) is 5.62. The second-order valence-corrected chi connectivity index (χ2v) is 10.4. The number of nitrogens with one attached hydrogen (secondary N) is 1. The van der Waals surface area contributed by atoms with Crippen LogP contribution in [0, 0.1) is 23.4 Å². The summed E-state index contributed by atoms with van der Waals surface area (Å²) in [4.78, 5) is 3.16. The van der Waals surface area contributed by atoms with Gasteiger partial charge in [-0.15, -0.1) is 11.3 Å². The fourth-order valence-electron chi connectivity index (χ4n) is 3.70. The van der Waals surface area contributed by atoms with E-state index >= 15 is 0 Å².